The van der Waals surface area contributed by atoms with Crippen molar-refractivity contribution >= 4 is 5.91 Å². The Morgan fingerprint density at radius 1 is 1.27 bits per heavy atom. The number of hydrogen-bond acceptors (Lipinski definition) is 3. The van der Waals surface area contributed by atoms with Crippen LogP contribution in [0.3, 0.4) is 0 Å². The zero-order valence-electron chi connectivity index (χ0n) is 14.6. The fraction of sp³-hybridized carbons (Fsp3) is 0.588. The molecule has 0 spiro atoms. The van der Waals surface area contributed by atoms with E-state index in [1.165, 1.54) is 23.4 Å². The minimum absolute atomic E-state index is 0.283. The molecule has 0 radical (unpaired) electrons. The van der Waals surface area contributed by atoms with Crippen LogP contribution in [0.25, 0.3) is 0 Å². The lowest BCUT2D eigenvalue weighted by molar-refractivity contribution is -0.177. The van der Waals surface area contributed by atoms with Crippen LogP contribution in [0, 0.1) is 0 Å². The van der Waals surface area contributed by atoms with Gasteiger partial charge in [-0.05, 0) is 31.9 Å². The van der Waals surface area contributed by atoms with Crippen molar-refractivity contribution < 1.29 is 18.0 Å². The molecule has 3 heterocycles. The molecular weight excluding hydrogens is 347 g/mol. The van der Waals surface area contributed by atoms with E-state index >= 15 is 0 Å². The van der Waals surface area contributed by atoms with E-state index in [0.29, 0.717) is 13.1 Å². The van der Waals surface area contributed by atoms with E-state index in [0.717, 1.165) is 29.8 Å². The number of rotatable bonds is 5. The molecule has 1 unspecified atom stereocenters. The van der Waals surface area contributed by atoms with Crippen molar-refractivity contribution in [2.45, 2.75) is 50.9 Å². The zero-order valence-corrected chi connectivity index (χ0v) is 14.6. The molecule has 3 rings (SSSR count). The summed E-state index contributed by atoms with van der Waals surface area (Å²) in [6.07, 6.45) is 0.603. The Kier molecular flexibility index (Phi) is 5.33. The standard InChI is InChI=1S/C17H22F3N5O/c1-2-24-14(4-8-22-24)13-5-10-23(11-6-13)16(26)12-15(17(18,19)20)25-9-3-7-21-25/h3-4,7-9,13,15H,2,5-6,10-12H2,1H3. The second kappa shape index (κ2) is 7.51. The van der Waals surface area contributed by atoms with Crippen LogP contribution in [0.5, 0.6) is 0 Å². The van der Waals surface area contributed by atoms with Gasteiger partial charge in [0.2, 0.25) is 5.91 Å². The first kappa shape index (κ1) is 18.5. The van der Waals surface area contributed by atoms with E-state index in [-0.39, 0.29) is 5.92 Å². The Labute approximate surface area is 149 Å². The van der Waals surface area contributed by atoms with Gasteiger partial charge in [0, 0.05) is 49.8 Å². The summed E-state index contributed by atoms with van der Waals surface area (Å²) in [6, 6.07) is 1.47. The fourth-order valence-corrected chi connectivity index (χ4v) is 3.50. The highest BCUT2D eigenvalue weighted by Crippen LogP contribution is 2.34. The van der Waals surface area contributed by atoms with Crippen molar-refractivity contribution in [2.24, 2.45) is 0 Å². The first-order chi connectivity index (χ1) is 12.4. The number of nitrogens with zero attached hydrogens (tertiary/aromatic N) is 5. The molecule has 0 bridgehead atoms. The third kappa shape index (κ3) is 3.91. The minimum atomic E-state index is -4.52. The number of carbonyl (C=O) groups is 1. The smallest absolute Gasteiger partial charge is 0.343 e. The summed E-state index contributed by atoms with van der Waals surface area (Å²) in [5.41, 5.74) is 1.13. The maximum Gasteiger partial charge on any atom is 0.411 e. The number of likely N-dealkylation sites (tertiary alicyclic amines) is 1. The normalized spacial score (nSPS) is 17.5. The van der Waals surface area contributed by atoms with E-state index in [1.807, 2.05) is 17.7 Å². The second-order valence-corrected chi connectivity index (χ2v) is 6.47. The molecule has 1 saturated heterocycles. The molecule has 1 fully saturated rings. The molecule has 9 heteroatoms. The molecular formula is C17H22F3N5O. The number of piperidine rings is 1. The molecule has 2 aromatic heterocycles. The minimum Gasteiger partial charge on any atom is -0.343 e. The first-order valence-electron chi connectivity index (χ1n) is 8.75. The summed E-state index contributed by atoms with van der Waals surface area (Å²) in [4.78, 5) is 14.0. The average molecular weight is 369 g/mol. The highest BCUT2D eigenvalue weighted by atomic mass is 19.4. The number of carbonyl (C=O) groups excluding carboxylic acids is 1. The molecule has 1 amide bonds. The molecule has 142 valence electrons. The molecule has 0 saturated carbocycles. The van der Waals surface area contributed by atoms with Crippen LogP contribution in [0.2, 0.25) is 0 Å². The maximum absolute atomic E-state index is 13.3. The lowest BCUT2D eigenvalue weighted by Gasteiger charge is -2.33. The van der Waals surface area contributed by atoms with Crippen molar-refractivity contribution in [1.82, 2.24) is 24.5 Å². The Morgan fingerprint density at radius 3 is 2.58 bits per heavy atom. The molecule has 6 nitrogen and oxygen atoms in total. The summed E-state index contributed by atoms with van der Waals surface area (Å²) in [5.74, 6) is -0.198. The number of alkyl halides is 3. The van der Waals surface area contributed by atoms with Gasteiger partial charge in [-0.2, -0.15) is 23.4 Å². The molecule has 26 heavy (non-hydrogen) atoms. The van der Waals surface area contributed by atoms with Gasteiger partial charge in [0.05, 0.1) is 6.42 Å². The van der Waals surface area contributed by atoms with Crippen molar-refractivity contribution in [3.63, 3.8) is 0 Å². The van der Waals surface area contributed by atoms with Crippen molar-refractivity contribution in [1.29, 1.82) is 0 Å². The first-order valence-corrected chi connectivity index (χ1v) is 8.75. The molecule has 1 atom stereocenters. The predicted molar refractivity (Wildman–Crippen MR) is 88.4 cm³/mol. The topological polar surface area (TPSA) is 56.0 Å². The van der Waals surface area contributed by atoms with Crippen LogP contribution < -0.4 is 0 Å². The van der Waals surface area contributed by atoms with Gasteiger partial charge in [0.25, 0.3) is 0 Å². The van der Waals surface area contributed by atoms with Crippen molar-refractivity contribution in [2.75, 3.05) is 13.1 Å². The fourth-order valence-electron chi connectivity index (χ4n) is 3.50. The maximum atomic E-state index is 13.3. The van der Waals surface area contributed by atoms with Gasteiger partial charge in [-0.3, -0.25) is 14.2 Å². The number of amides is 1. The quantitative estimate of drug-likeness (QED) is 0.814. The Hall–Kier alpha value is -2.32. The van der Waals surface area contributed by atoms with Crippen molar-refractivity contribution in [3.05, 3.63) is 36.4 Å². The van der Waals surface area contributed by atoms with Crippen LogP contribution >= 0.6 is 0 Å². The molecule has 1 aliphatic heterocycles. The number of hydrogen-bond donors (Lipinski definition) is 0. The van der Waals surface area contributed by atoms with Crippen LogP contribution in [-0.4, -0.2) is 49.6 Å². The SMILES string of the molecule is CCn1nccc1C1CCN(C(=O)CC(n2cccn2)C(F)(F)F)CC1. The zero-order chi connectivity index (χ0) is 18.7. The third-order valence-electron chi connectivity index (χ3n) is 4.90. The number of halogens is 3. The Balaban J connectivity index is 1.61. The van der Waals surface area contributed by atoms with Crippen molar-refractivity contribution in [3.8, 4) is 0 Å². The van der Waals surface area contributed by atoms with E-state index < -0.39 is 24.5 Å². The van der Waals surface area contributed by atoms with E-state index in [2.05, 4.69) is 10.2 Å². The van der Waals surface area contributed by atoms with Crippen LogP contribution in [0.4, 0.5) is 13.2 Å². The van der Waals surface area contributed by atoms with E-state index in [9.17, 15) is 18.0 Å². The van der Waals surface area contributed by atoms with Crippen LogP contribution in [0.15, 0.2) is 30.7 Å². The largest absolute Gasteiger partial charge is 0.411 e. The second-order valence-electron chi connectivity index (χ2n) is 6.47. The molecule has 0 aromatic carbocycles. The number of aromatic nitrogens is 4. The highest BCUT2D eigenvalue weighted by molar-refractivity contribution is 5.76. The third-order valence-corrected chi connectivity index (χ3v) is 4.90. The molecule has 1 aliphatic rings. The van der Waals surface area contributed by atoms with Gasteiger partial charge in [-0.1, -0.05) is 0 Å². The van der Waals surface area contributed by atoms with Crippen LogP contribution in [-0.2, 0) is 11.3 Å². The summed E-state index contributed by atoms with van der Waals surface area (Å²) in [5, 5.41) is 7.92. The summed E-state index contributed by atoms with van der Waals surface area (Å²) in [6.45, 7) is 3.71. The monoisotopic (exact) mass is 369 g/mol. The van der Waals surface area contributed by atoms with Gasteiger partial charge in [-0.15, -0.1) is 0 Å². The average Bonchev–Trinajstić information content (AvgIpc) is 3.29. The highest BCUT2D eigenvalue weighted by Gasteiger charge is 2.43. The summed E-state index contributed by atoms with van der Waals surface area (Å²) >= 11 is 0. The summed E-state index contributed by atoms with van der Waals surface area (Å²) in [7, 11) is 0. The van der Waals surface area contributed by atoms with E-state index in [1.54, 1.807) is 6.20 Å². The Morgan fingerprint density at radius 2 is 2.00 bits per heavy atom. The van der Waals surface area contributed by atoms with Gasteiger partial charge in [0.15, 0.2) is 6.04 Å². The lowest BCUT2D eigenvalue weighted by Crippen LogP contribution is -2.41. The molecule has 0 N–H and O–H groups in total. The lowest BCUT2D eigenvalue weighted by atomic mass is 9.93. The van der Waals surface area contributed by atoms with Gasteiger partial charge in [0.1, 0.15) is 0 Å². The summed E-state index contributed by atoms with van der Waals surface area (Å²) < 4.78 is 42.6. The molecule has 0 aliphatic carbocycles. The van der Waals surface area contributed by atoms with Gasteiger partial charge < -0.3 is 4.90 Å². The van der Waals surface area contributed by atoms with Gasteiger partial charge in [-0.25, -0.2) is 0 Å². The Bertz CT molecular complexity index is 717. The van der Waals surface area contributed by atoms with E-state index in [4.69, 9.17) is 0 Å². The number of aryl methyl sites for hydroxylation is 1. The predicted octanol–water partition coefficient (Wildman–Crippen LogP) is 3.00. The van der Waals surface area contributed by atoms with Crippen LogP contribution in [0.1, 0.15) is 43.8 Å². The molecule has 2 aromatic rings. The van der Waals surface area contributed by atoms with Gasteiger partial charge >= 0.3 is 6.18 Å².